The molecule has 0 saturated carbocycles. The van der Waals surface area contributed by atoms with Crippen LogP contribution in [-0.2, 0) is 9.47 Å². The smallest absolute Gasteiger partial charge is 0.147 e. The maximum absolute atomic E-state index is 9.07. The van der Waals surface area contributed by atoms with Gasteiger partial charge in [0.05, 0.1) is 11.6 Å². The maximum Gasteiger partial charge on any atom is 0.147 e. The summed E-state index contributed by atoms with van der Waals surface area (Å²) in [6.07, 6.45) is -0.343. The molecule has 0 aliphatic heterocycles. The van der Waals surface area contributed by atoms with Crippen molar-refractivity contribution in [2.75, 3.05) is 13.9 Å². The summed E-state index contributed by atoms with van der Waals surface area (Å²) in [6.45, 7) is 0.149. The van der Waals surface area contributed by atoms with Crippen molar-refractivity contribution in [2.24, 2.45) is 0 Å². The van der Waals surface area contributed by atoms with Crippen LogP contribution in [0.2, 0.25) is 5.02 Å². The topological polar surface area (TPSA) is 42.2 Å². The number of hydrogen-bond acceptors (Lipinski definition) is 3. The number of nitrogens with zero attached hydrogens (tertiary/aromatic N) is 1. The van der Waals surface area contributed by atoms with Crippen molar-refractivity contribution < 1.29 is 9.47 Å². The minimum absolute atomic E-state index is 0.149. The lowest BCUT2D eigenvalue weighted by Gasteiger charge is -2.20. The van der Waals surface area contributed by atoms with Crippen LogP contribution < -0.4 is 0 Å². The molecule has 0 saturated heterocycles. The number of methoxy groups -OCH3 is 1. The van der Waals surface area contributed by atoms with E-state index in [-0.39, 0.29) is 12.9 Å². The van der Waals surface area contributed by atoms with Crippen molar-refractivity contribution >= 4 is 27.5 Å². The van der Waals surface area contributed by atoms with E-state index in [4.69, 9.17) is 26.3 Å². The minimum Gasteiger partial charge on any atom is -0.359 e. The molecular weight excluding hydrogens is 354 g/mol. The maximum atomic E-state index is 9.07. The number of benzene rings is 2. The van der Waals surface area contributed by atoms with Gasteiger partial charge in [-0.25, -0.2) is 0 Å². The molecule has 2 rings (SSSR count). The second-order valence-electron chi connectivity index (χ2n) is 4.35. The zero-order valence-electron chi connectivity index (χ0n) is 11.3. The fourth-order valence-electron chi connectivity index (χ4n) is 1.95. The molecule has 1 unspecified atom stereocenters. The summed E-state index contributed by atoms with van der Waals surface area (Å²) < 4.78 is 11.7. The fraction of sp³-hybridized carbons (Fsp3) is 0.188. The van der Waals surface area contributed by atoms with Gasteiger partial charge in [0.15, 0.2) is 0 Å². The number of hydrogen-bond donors (Lipinski definition) is 0. The van der Waals surface area contributed by atoms with Crippen molar-refractivity contribution in [1.29, 1.82) is 5.26 Å². The number of halogens is 2. The van der Waals surface area contributed by atoms with Crippen molar-refractivity contribution in [3.8, 4) is 6.07 Å². The molecule has 0 aliphatic carbocycles. The van der Waals surface area contributed by atoms with Crippen molar-refractivity contribution in [2.45, 2.75) is 6.10 Å². The van der Waals surface area contributed by atoms with E-state index in [2.05, 4.69) is 22.0 Å². The Bertz CT molecular complexity index is 652. The summed E-state index contributed by atoms with van der Waals surface area (Å²) in [5.41, 5.74) is 2.38. The van der Waals surface area contributed by atoms with Gasteiger partial charge in [0.1, 0.15) is 12.9 Å². The van der Waals surface area contributed by atoms with Crippen molar-refractivity contribution in [3.05, 3.63) is 68.7 Å². The Hall–Kier alpha value is -1.38. The highest BCUT2D eigenvalue weighted by Crippen LogP contribution is 2.33. The summed E-state index contributed by atoms with van der Waals surface area (Å²) in [4.78, 5) is 0. The molecule has 0 fully saturated rings. The van der Waals surface area contributed by atoms with Crippen LogP contribution in [0.15, 0.2) is 46.9 Å². The van der Waals surface area contributed by atoms with Crippen LogP contribution >= 0.6 is 27.5 Å². The molecule has 0 aliphatic rings. The van der Waals surface area contributed by atoms with Crippen LogP contribution in [0.1, 0.15) is 22.8 Å². The number of rotatable bonds is 5. The molecule has 1 atom stereocenters. The van der Waals surface area contributed by atoms with E-state index >= 15 is 0 Å². The predicted octanol–water partition coefficient (Wildman–Crippen LogP) is 4.68. The lowest BCUT2D eigenvalue weighted by Crippen LogP contribution is -2.09. The first-order chi connectivity index (χ1) is 10.2. The summed E-state index contributed by atoms with van der Waals surface area (Å²) in [5, 5.41) is 9.73. The van der Waals surface area contributed by atoms with Crippen LogP contribution in [0.4, 0.5) is 0 Å². The van der Waals surface area contributed by atoms with E-state index in [0.717, 1.165) is 15.6 Å². The van der Waals surface area contributed by atoms with E-state index < -0.39 is 0 Å². The van der Waals surface area contributed by atoms with Gasteiger partial charge >= 0.3 is 0 Å². The third-order valence-corrected chi connectivity index (χ3v) is 3.91. The standard InChI is InChI=1S/C16H13BrClNO2/c1-20-10-21-16(12-3-5-13(18)6-4-12)14-8-11(9-19)2-7-15(14)17/h2-8,16H,10H2,1H3. The molecule has 0 amide bonds. The lowest BCUT2D eigenvalue weighted by molar-refractivity contribution is -0.0593. The molecule has 0 aromatic heterocycles. The van der Waals surface area contributed by atoms with Gasteiger partial charge in [0, 0.05) is 22.2 Å². The molecule has 2 aromatic carbocycles. The van der Waals surface area contributed by atoms with Gasteiger partial charge in [-0.3, -0.25) is 0 Å². The zero-order chi connectivity index (χ0) is 15.2. The lowest BCUT2D eigenvalue weighted by atomic mass is 10.00. The molecule has 0 spiro atoms. The summed E-state index contributed by atoms with van der Waals surface area (Å²) in [5.74, 6) is 0. The van der Waals surface area contributed by atoms with Crippen LogP contribution in [0.5, 0.6) is 0 Å². The molecule has 0 bridgehead atoms. The monoisotopic (exact) mass is 365 g/mol. The number of ether oxygens (including phenoxy) is 2. The van der Waals surface area contributed by atoms with Gasteiger partial charge in [0.2, 0.25) is 0 Å². The molecule has 2 aromatic rings. The summed E-state index contributed by atoms with van der Waals surface area (Å²) in [6, 6.07) is 14.9. The Labute approximate surface area is 137 Å². The van der Waals surface area contributed by atoms with Gasteiger partial charge in [-0.2, -0.15) is 5.26 Å². The Kier molecular flexibility index (Phi) is 5.77. The Morgan fingerprint density at radius 2 is 1.95 bits per heavy atom. The normalized spacial score (nSPS) is 11.9. The quantitative estimate of drug-likeness (QED) is 0.721. The Morgan fingerprint density at radius 3 is 2.57 bits per heavy atom. The first kappa shape index (κ1) is 16.0. The van der Waals surface area contributed by atoms with Gasteiger partial charge in [-0.1, -0.05) is 39.7 Å². The van der Waals surface area contributed by atoms with Crippen molar-refractivity contribution in [3.63, 3.8) is 0 Å². The molecule has 0 heterocycles. The molecule has 21 heavy (non-hydrogen) atoms. The van der Waals surface area contributed by atoms with Crippen molar-refractivity contribution in [1.82, 2.24) is 0 Å². The Balaban J connectivity index is 2.45. The van der Waals surface area contributed by atoms with Crippen LogP contribution in [0.3, 0.4) is 0 Å². The molecule has 0 N–H and O–H groups in total. The largest absolute Gasteiger partial charge is 0.359 e. The third kappa shape index (κ3) is 4.05. The van der Waals surface area contributed by atoms with E-state index in [1.165, 1.54) is 0 Å². The average molecular weight is 367 g/mol. The van der Waals surface area contributed by atoms with E-state index in [9.17, 15) is 0 Å². The predicted molar refractivity (Wildman–Crippen MR) is 85.1 cm³/mol. The summed E-state index contributed by atoms with van der Waals surface area (Å²) in [7, 11) is 1.57. The molecular formula is C16H13BrClNO2. The van der Waals surface area contributed by atoms with Gasteiger partial charge < -0.3 is 9.47 Å². The third-order valence-electron chi connectivity index (χ3n) is 2.93. The van der Waals surface area contributed by atoms with Crippen LogP contribution in [0.25, 0.3) is 0 Å². The van der Waals surface area contributed by atoms with Crippen LogP contribution in [0, 0.1) is 11.3 Å². The molecule has 108 valence electrons. The van der Waals surface area contributed by atoms with Gasteiger partial charge in [-0.05, 0) is 35.9 Å². The first-order valence-electron chi connectivity index (χ1n) is 6.21. The molecule has 3 nitrogen and oxygen atoms in total. The van der Waals surface area contributed by atoms with Crippen LogP contribution in [-0.4, -0.2) is 13.9 Å². The van der Waals surface area contributed by atoms with Gasteiger partial charge in [-0.15, -0.1) is 0 Å². The Morgan fingerprint density at radius 1 is 1.24 bits per heavy atom. The molecule has 5 heteroatoms. The van der Waals surface area contributed by atoms with E-state index in [1.807, 2.05) is 30.3 Å². The fourth-order valence-corrected chi connectivity index (χ4v) is 2.53. The van der Waals surface area contributed by atoms with Gasteiger partial charge in [0.25, 0.3) is 0 Å². The van der Waals surface area contributed by atoms with E-state index in [1.54, 1.807) is 19.2 Å². The SMILES string of the molecule is COCOC(c1ccc(Cl)cc1)c1cc(C#N)ccc1Br. The second-order valence-corrected chi connectivity index (χ2v) is 5.64. The number of nitriles is 1. The highest BCUT2D eigenvalue weighted by Gasteiger charge is 2.18. The summed E-state index contributed by atoms with van der Waals surface area (Å²) >= 11 is 9.44. The minimum atomic E-state index is -0.343. The highest BCUT2D eigenvalue weighted by molar-refractivity contribution is 9.10. The average Bonchev–Trinajstić information content (AvgIpc) is 2.51. The zero-order valence-corrected chi connectivity index (χ0v) is 13.7. The first-order valence-corrected chi connectivity index (χ1v) is 7.38. The molecule has 0 radical (unpaired) electrons. The highest BCUT2D eigenvalue weighted by atomic mass is 79.9. The second kappa shape index (κ2) is 7.58. The van der Waals surface area contributed by atoms with E-state index in [0.29, 0.717) is 10.6 Å².